The second-order valence-corrected chi connectivity index (χ2v) is 6.29. The number of hydrogen-bond acceptors (Lipinski definition) is 6. The van der Waals surface area contributed by atoms with Crippen LogP contribution in [0.15, 0.2) is 22.7 Å². The molecule has 1 atom stereocenters. The van der Waals surface area contributed by atoms with E-state index in [9.17, 15) is 9.59 Å². The highest BCUT2D eigenvalue weighted by Crippen LogP contribution is 2.26. The lowest BCUT2D eigenvalue weighted by atomic mass is 10.2. The third-order valence-electron chi connectivity index (χ3n) is 4.19. The van der Waals surface area contributed by atoms with Crippen molar-refractivity contribution in [3.05, 3.63) is 35.5 Å². The van der Waals surface area contributed by atoms with E-state index in [0.29, 0.717) is 36.1 Å². The molecule has 0 unspecified atom stereocenters. The molecule has 9 nitrogen and oxygen atoms in total. The van der Waals surface area contributed by atoms with Crippen LogP contribution in [0.25, 0.3) is 0 Å². The SMILES string of the molecule is CCC(=O)Nc1ccc(C)c(NC(=O)NCc2noc([C@@H]3CCCO3)n2)c1. The molecule has 9 heteroatoms. The van der Waals surface area contributed by atoms with E-state index in [-0.39, 0.29) is 18.6 Å². The lowest BCUT2D eigenvalue weighted by Crippen LogP contribution is -2.29. The number of aromatic nitrogens is 2. The average molecular weight is 373 g/mol. The van der Waals surface area contributed by atoms with Crippen LogP contribution in [0, 0.1) is 6.92 Å². The Morgan fingerprint density at radius 3 is 2.89 bits per heavy atom. The Balaban J connectivity index is 1.54. The van der Waals surface area contributed by atoms with Gasteiger partial charge in [-0.3, -0.25) is 4.79 Å². The Kier molecular flexibility index (Phi) is 6.02. The molecule has 144 valence electrons. The second kappa shape index (κ2) is 8.63. The molecule has 0 bridgehead atoms. The highest BCUT2D eigenvalue weighted by Gasteiger charge is 2.23. The fourth-order valence-corrected chi connectivity index (χ4v) is 2.65. The highest BCUT2D eigenvalue weighted by molar-refractivity contribution is 5.94. The minimum absolute atomic E-state index is 0.0894. The van der Waals surface area contributed by atoms with Crippen LogP contribution in [0.4, 0.5) is 16.2 Å². The van der Waals surface area contributed by atoms with Crippen molar-refractivity contribution in [2.45, 2.75) is 45.8 Å². The predicted octanol–water partition coefficient (Wildman–Crippen LogP) is 2.90. The van der Waals surface area contributed by atoms with Crippen LogP contribution in [-0.2, 0) is 16.1 Å². The number of nitrogens with one attached hydrogen (secondary N) is 3. The van der Waals surface area contributed by atoms with Crippen molar-refractivity contribution in [1.82, 2.24) is 15.5 Å². The molecule has 1 saturated heterocycles. The highest BCUT2D eigenvalue weighted by atomic mass is 16.5. The summed E-state index contributed by atoms with van der Waals surface area (Å²) in [5, 5.41) is 12.1. The van der Waals surface area contributed by atoms with Crippen molar-refractivity contribution < 1.29 is 18.8 Å². The zero-order valence-corrected chi connectivity index (χ0v) is 15.4. The van der Waals surface area contributed by atoms with Gasteiger partial charge in [0.1, 0.15) is 6.10 Å². The molecule has 2 aromatic rings. The molecule has 1 aliphatic rings. The van der Waals surface area contributed by atoms with Crippen LogP contribution in [0.3, 0.4) is 0 Å². The number of amides is 3. The third-order valence-corrected chi connectivity index (χ3v) is 4.19. The van der Waals surface area contributed by atoms with Crippen LogP contribution >= 0.6 is 0 Å². The van der Waals surface area contributed by atoms with E-state index < -0.39 is 6.03 Å². The Hall–Kier alpha value is -2.94. The monoisotopic (exact) mass is 373 g/mol. The van der Waals surface area contributed by atoms with E-state index in [1.807, 2.05) is 13.0 Å². The quantitative estimate of drug-likeness (QED) is 0.716. The van der Waals surface area contributed by atoms with Gasteiger partial charge in [0, 0.05) is 24.4 Å². The van der Waals surface area contributed by atoms with E-state index in [4.69, 9.17) is 9.26 Å². The summed E-state index contributed by atoms with van der Waals surface area (Å²) in [4.78, 5) is 27.9. The van der Waals surface area contributed by atoms with E-state index in [0.717, 1.165) is 18.4 Å². The van der Waals surface area contributed by atoms with Gasteiger partial charge in [-0.15, -0.1) is 0 Å². The molecule has 0 radical (unpaired) electrons. The van der Waals surface area contributed by atoms with Crippen LogP contribution in [0.1, 0.15) is 49.6 Å². The van der Waals surface area contributed by atoms with Gasteiger partial charge in [0.25, 0.3) is 5.89 Å². The van der Waals surface area contributed by atoms with Crippen LogP contribution in [0.2, 0.25) is 0 Å². The summed E-state index contributed by atoms with van der Waals surface area (Å²) < 4.78 is 10.7. The number of carbonyl (C=O) groups is 2. The molecule has 3 amide bonds. The van der Waals surface area contributed by atoms with Crippen molar-refractivity contribution in [2.75, 3.05) is 17.2 Å². The molecule has 1 aliphatic heterocycles. The minimum atomic E-state index is -0.402. The van der Waals surface area contributed by atoms with Crippen molar-refractivity contribution in [3.63, 3.8) is 0 Å². The summed E-state index contributed by atoms with van der Waals surface area (Å²) >= 11 is 0. The lowest BCUT2D eigenvalue weighted by Gasteiger charge is -2.11. The number of benzene rings is 1. The van der Waals surface area contributed by atoms with Crippen LogP contribution < -0.4 is 16.0 Å². The maximum atomic E-state index is 12.2. The Labute approximate surface area is 156 Å². The zero-order chi connectivity index (χ0) is 19.2. The van der Waals surface area contributed by atoms with E-state index in [1.165, 1.54) is 0 Å². The summed E-state index contributed by atoms with van der Waals surface area (Å²) in [5.74, 6) is 0.740. The number of urea groups is 1. The molecule has 3 rings (SSSR count). The first-order chi connectivity index (χ1) is 13.0. The van der Waals surface area contributed by atoms with Gasteiger partial charge in [0.2, 0.25) is 5.91 Å². The molecule has 2 heterocycles. The summed E-state index contributed by atoms with van der Waals surface area (Å²) in [6.45, 7) is 4.47. The maximum absolute atomic E-state index is 12.2. The predicted molar refractivity (Wildman–Crippen MR) is 98.2 cm³/mol. The number of hydrogen-bond donors (Lipinski definition) is 3. The molecular formula is C18H23N5O4. The zero-order valence-electron chi connectivity index (χ0n) is 15.4. The van der Waals surface area contributed by atoms with Gasteiger partial charge < -0.3 is 25.2 Å². The molecular weight excluding hydrogens is 350 g/mol. The molecule has 1 fully saturated rings. The number of anilines is 2. The van der Waals surface area contributed by atoms with Crippen molar-refractivity contribution in [2.24, 2.45) is 0 Å². The summed E-state index contributed by atoms with van der Waals surface area (Å²) in [7, 11) is 0. The Bertz CT molecular complexity index is 814. The van der Waals surface area contributed by atoms with Gasteiger partial charge in [0.05, 0.1) is 6.54 Å². The smallest absolute Gasteiger partial charge is 0.319 e. The molecule has 0 spiro atoms. The van der Waals surface area contributed by atoms with Gasteiger partial charge in [-0.2, -0.15) is 4.98 Å². The molecule has 27 heavy (non-hydrogen) atoms. The first-order valence-corrected chi connectivity index (χ1v) is 8.94. The molecule has 1 aromatic heterocycles. The van der Waals surface area contributed by atoms with Gasteiger partial charge in [0.15, 0.2) is 5.82 Å². The number of nitrogens with zero attached hydrogens (tertiary/aromatic N) is 2. The van der Waals surface area contributed by atoms with Crippen LogP contribution in [0.5, 0.6) is 0 Å². The summed E-state index contributed by atoms with van der Waals surface area (Å²) in [6, 6.07) is 4.93. The normalized spacial score (nSPS) is 16.1. The third kappa shape index (κ3) is 5.04. The van der Waals surface area contributed by atoms with E-state index in [1.54, 1.807) is 19.1 Å². The minimum Gasteiger partial charge on any atom is -0.368 e. The first kappa shape index (κ1) is 18.8. The van der Waals surface area contributed by atoms with E-state index in [2.05, 4.69) is 26.1 Å². The summed E-state index contributed by atoms with van der Waals surface area (Å²) in [5.41, 5.74) is 2.11. The molecule has 0 aliphatic carbocycles. The van der Waals surface area contributed by atoms with Crippen molar-refractivity contribution >= 4 is 23.3 Å². The fraction of sp³-hybridized carbons (Fsp3) is 0.444. The molecule has 3 N–H and O–H groups in total. The summed E-state index contributed by atoms with van der Waals surface area (Å²) in [6.07, 6.45) is 2.07. The van der Waals surface area contributed by atoms with Gasteiger partial charge >= 0.3 is 6.03 Å². The maximum Gasteiger partial charge on any atom is 0.319 e. The van der Waals surface area contributed by atoms with Crippen LogP contribution in [-0.4, -0.2) is 28.7 Å². The lowest BCUT2D eigenvalue weighted by molar-refractivity contribution is -0.115. The Morgan fingerprint density at radius 1 is 1.30 bits per heavy atom. The average Bonchev–Trinajstić information content (AvgIpc) is 3.34. The van der Waals surface area contributed by atoms with Gasteiger partial charge in [-0.1, -0.05) is 18.1 Å². The number of carbonyl (C=O) groups excluding carboxylic acids is 2. The van der Waals surface area contributed by atoms with Crippen molar-refractivity contribution in [3.8, 4) is 0 Å². The largest absolute Gasteiger partial charge is 0.368 e. The molecule has 1 aromatic carbocycles. The number of aryl methyl sites for hydroxylation is 1. The Morgan fingerprint density at radius 2 is 2.15 bits per heavy atom. The van der Waals surface area contributed by atoms with Gasteiger partial charge in [-0.25, -0.2) is 4.79 Å². The standard InChI is InChI=1S/C18H23N5O4/c1-3-16(24)20-12-7-6-11(2)13(9-12)21-18(25)19-10-15-22-17(27-23-15)14-5-4-8-26-14/h6-7,9,14H,3-5,8,10H2,1-2H3,(H,20,24)(H2,19,21,25)/t14-/m0/s1. The second-order valence-electron chi connectivity index (χ2n) is 6.29. The fourth-order valence-electron chi connectivity index (χ4n) is 2.65. The topological polar surface area (TPSA) is 118 Å². The first-order valence-electron chi connectivity index (χ1n) is 8.94. The number of rotatable bonds is 6. The molecule has 0 saturated carbocycles. The van der Waals surface area contributed by atoms with Gasteiger partial charge in [-0.05, 0) is 37.5 Å². The number of ether oxygens (including phenoxy) is 1. The van der Waals surface area contributed by atoms with E-state index >= 15 is 0 Å². The van der Waals surface area contributed by atoms with Crippen molar-refractivity contribution in [1.29, 1.82) is 0 Å².